The second-order valence-electron chi connectivity index (χ2n) is 3.94. The molecule has 0 aliphatic rings. The molecular formula is C13H14FNO. The van der Waals surface area contributed by atoms with Crippen LogP contribution in [0, 0.1) is 5.82 Å². The van der Waals surface area contributed by atoms with Crippen LogP contribution in [0.1, 0.15) is 36.7 Å². The van der Waals surface area contributed by atoms with Gasteiger partial charge in [-0.3, -0.25) is 4.79 Å². The Kier molecular flexibility index (Phi) is 3.04. The number of halogens is 1. The first kappa shape index (κ1) is 10.9. The quantitative estimate of drug-likeness (QED) is 0.782. The van der Waals surface area contributed by atoms with E-state index in [-0.39, 0.29) is 11.6 Å². The smallest absolute Gasteiger partial charge is 0.179 e. The molecule has 0 radical (unpaired) electrons. The van der Waals surface area contributed by atoms with Gasteiger partial charge < -0.3 is 4.98 Å². The molecule has 0 aliphatic heterocycles. The normalized spacial score (nSPS) is 10.9. The molecule has 0 fully saturated rings. The van der Waals surface area contributed by atoms with Gasteiger partial charge in [0.2, 0.25) is 0 Å². The van der Waals surface area contributed by atoms with Gasteiger partial charge in [0.1, 0.15) is 5.82 Å². The third-order valence-electron chi connectivity index (χ3n) is 2.64. The first-order valence-electron chi connectivity index (χ1n) is 5.52. The molecule has 0 bridgehead atoms. The number of benzene rings is 1. The van der Waals surface area contributed by atoms with Gasteiger partial charge in [0.25, 0.3) is 0 Å². The minimum absolute atomic E-state index is 0.0958. The van der Waals surface area contributed by atoms with Gasteiger partial charge in [0, 0.05) is 17.3 Å². The largest absolute Gasteiger partial charge is 0.352 e. The fraction of sp³-hybridized carbons (Fsp3) is 0.308. The van der Waals surface area contributed by atoms with Crippen LogP contribution in [0.15, 0.2) is 24.3 Å². The molecule has 2 nitrogen and oxygen atoms in total. The molecule has 0 unspecified atom stereocenters. The maximum atomic E-state index is 13.0. The zero-order valence-electron chi connectivity index (χ0n) is 9.22. The van der Waals surface area contributed by atoms with Crippen LogP contribution in [0.4, 0.5) is 4.39 Å². The lowest BCUT2D eigenvalue weighted by Crippen LogP contribution is -1.98. The Balaban J connectivity index is 2.28. The summed E-state index contributed by atoms with van der Waals surface area (Å²) in [5.41, 5.74) is 1.38. The lowest BCUT2D eigenvalue weighted by Gasteiger charge is -1.94. The van der Waals surface area contributed by atoms with Crippen molar-refractivity contribution in [1.29, 1.82) is 0 Å². The molecule has 1 aromatic heterocycles. The van der Waals surface area contributed by atoms with E-state index in [4.69, 9.17) is 0 Å². The summed E-state index contributed by atoms with van der Waals surface area (Å²) in [6.45, 7) is 2.05. The summed E-state index contributed by atoms with van der Waals surface area (Å²) < 4.78 is 13.0. The van der Waals surface area contributed by atoms with E-state index in [0.717, 1.165) is 23.7 Å². The number of hydrogen-bond acceptors (Lipinski definition) is 1. The van der Waals surface area contributed by atoms with Crippen molar-refractivity contribution in [3.05, 3.63) is 35.8 Å². The highest BCUT2D eigenvalue weighted by Gasteiger charge is 2.09. The summed E-state index contributed by atoms with van der Waals surface area (Å²) >= 11 is 0. The number of Topliss-reactive ketones (excluding diaryl/α,β-unsaturated/α-hetero) is 1. The van der Waals surface area contributed by atoms with Crippen LogP contribution < -0.4 is 0 Å². The highest BCUT2D eigenvalue weighted by Crippen LogP contribution is 2.18. The maximum absolute atomic E-state index is 13.0. The minimum atomic E-state index is -0.279. The molecule has 0 spiro atoms. The van der Waals surface area contributed by atoms with E-state index < -0.39 is 0 Å². The third kappa shape index (κ3) is 2.13. The Bertz CT molecular complexity index is 516. The molecule has 0 aliphatic carbocycles. The van der Waals surface area contributed by atoms with Crippen LogP contribution in [-0.2, 0) is 0 Å². The molecule has 1 N–H and O–H groups in total. The monoisotopic (exact) mass is 219 g/mol. The SMILES string of the molecule is CCCCC(=O)c1cc2cc(F)ccc2[nH]1. The van der Waals surface area contributed by atoms with Crippen molar-refractivity contribution >= 4 is 16.7 Å². The zero-order valence-corrected chi connectivity index (χ0v) is 9.22. The topological polar surface area (TPSA) is 32.9 Å². The van der Waals surface area contributed by atoms with Gasteiger partial charge in [-0.2, -0.15) is 0 Å². The zero-order chi connectivity index (χ0) is 11.5. The summed E-state index contributed by atoms with van der Waals surface area (Å²) in [5, 5.41) is 0.750. The number of ketones is 1. The summed E-state index contributed by atoms with van der Waals surface area (Å²) in [5.74, 6) is -0.183. The van der Waals surface area contributed by atoms with Crippen LogP contribution in [0.2, 0.25) is 0 Å². The number of carbonyl (C=O) groups excluding carboxylic acids is 1. The van der Waals surface area contributed by atoms with Gasteiger partial charge in [-0.15, -0.1) is 0 Å². The first-order chi connectivity index (χ1) is 7.70. The van der Waals surface area contributed by atoms with E-state index in [1.165, 1.54) is 12.1 Å². The summed E-state index contributed by atoms with van der Waals surface area (Å²) in [6.07, 6.45) is 2.44. The number of hydrogen-bond donors (Lipinski definition) is 1. The Morgan fingerprint density at radius 1 is 1.38 bits per heavy atom. The van der Waals surface area contributed by atoms with Crippen molar-refractivity contribution in [2.45, 2.75) is 26.2 Å². The number of unbranched alkanes of at least 4 members (excludes halogenated alkanes) is 1. The van der Waals surface area contributed by atoms with Crippen molar-refractivity contribution in [1.82, 2.24) is 4.98 Å². The second-order valence-corrected chi connectivity index (χ2v) is 3.94. The number of aromatic nitrogens is 1. The number of carbonyl (C=O) groups is 1. The highest BCUT2D eigenvalue weighted by atomic mass is 19.1. The predicted octanol–water partition coefficient (Wildman–Crippen LogP) is 3.68. The average molecular weight is 219 g/mol. The molecule has 3 heteroatoms. The van der Waals surface area contributed by atoms with E-state index in [1.54, 1.807) is 12.1 Å². The van der Waals surface area contributed by atoms with E-state index in [2.05, 4.69) is 4.98 Å². The van der Waals surface area contributed by atoms with Gasteiger partial charge in [-0.25, -0.2) is 4.39 Å². The Morgan fingerprint density at radius 3 is 2.94 bits per heavy atom. The van der Waals surface area contributed by atoms with E-state index in [0.29, 0.717) is 12.1 Å². The Labute approximate surface area is 93.5 Å². The number of fused-ring (bicyclic) bond motifs is 1. The van der Waals surface area contributed by atoms with Gasteiger partial charge in [0.05, 0.1) is 5.69 Å². The van der Waals surface area contributed by atoms with Crippen molar-refractivity contribution in [3.8, 4) is 0 Å². The third-order valence-corrected chi connectivity index (χ3v) is 2.64. The number of rotatable bonds is 4. The van der Waals surface area contributed by atoms with Crippen LogP contribution in [0.3, 0.4) is 0 Å². The van der Waals surface area contributed by atoms with Crippen LogP contribution in [0.5, 0.6) is 0 Å². The summed E-state index contributed by atoms with van der Waals surface area (Å²) in [4.78, 5) is 14.7. The molecule has 1 heterocycles. The van der Waals surface area contributed by atoms with Crippen LogP contribution >= 0.6 is 0 Å². The summed E-state index contributed by atoms with van der Waals surface area (Å²) in [6, 6.07) is 6.19. The highest BCUT2D eigenvalue weighted by molar-refractivity contribution is 5.99. The average Bonchev–Trinajstić information content (AvgIpc) is 2.68. The van der Waals surface area contributed by atoms with Crippen LogP contribution in [-0.4, -0.2) is 10.8 Å². The maximum Gasteiger partial charge on any atom is 0.179 e. The molecule has 0 saturated carbocycles. The van der Waals surface area contributed by atoms with E-state index >= 15 is 0 Å². The van der Waals surface area contributed by atoms with Gasteiger partial charge in [-0.05, 0) is 30.7 Å². The lowest BCUT2D eigenvalue weighted by atomic mass is 10.1. The van der Waals surface area contributed by atoms with Crippen molar-refractivity contribution < 1.29 is 9.18 Å². The number of aromatic amines is 1. The number of H-pyrrole nitrogens is 1. The lowest BCUT2D eigenvalue weighted by molar-refractivity contribution is 0.0976. The minimum Gasteiger partial charge on any atom is -0.352 e. The molecule has 84 valence electrons. The first-order valence-corrected chi connectivity index (χ1v) is 5.52. The van der Waals surface area contributed by atoms with Crippen molar-refractivity contribution in [2.75, 3.05) is 0 Å². The Morgan fingerprint density at radius 2 is 2.19 bits per heavy atom. The molecular weight excluding hydrogens is 205 g/mol. The van der Waals surface area contributed by atoms with Gasteiger partial charge in [0.15, 0.2) is 5.78 Å². The summed E-state index contributed by atoms with van der Waals surface area (Å²) in [7, 11) is 0. The molecule has 0 amide bonds. The van der Waals surface area contributed by atoms with Gasteiger partial charge >= 0.3 is 0 Å². The van der Waals surface area contributed by atoms with E-state index in [9.17, 15) is 9.18 Å². The molecule has 2 aromatic rings. The van der Waals surface area contributed by atoms with Crippen molar-refractivity contribution in [2.24, 2.45) is 0 Å². The standard InChI is InChI=1S/C13H14FNO/c1-2-3-4-13(16)12-8-9-7-10(14)5-6-11(9)15-12/h5-8,15H,2-4H2,1H3. The Hall–Kier alpha value is -1.64. The number of nitrogens with one attached hydrogen (secondary N) is 1. The molecule has 1 aromatic carbocycles. The molecule has 0 atom stereocenters. The van der Waals surface area contributed by atoms with E-state index in [1.807, 2.05) is 6.92 Å². The second kappa shape index (κ2) is 4.47. The molecule has 16 heavy (non-hydrogen) atoms. The predicted molar refractivity (Wildman–Crippen MR) is 62.1 cm³/mol. The fourth-order valence-corrected chi connectivity index (χ4v) is 1.73. The molecule has 0 saturated heterocycles. The van der Waals surface area contributed by atoms with Crippen LogP contribution in [0.25, 0.3) is 10.9 Å². The van der Waals surface area contributed by atoms with Gasteiger partial charge in [-0.1, -0.05) is 13.3 Å². The molecule has 2 rings (SSSR count). The van der Waals surface area contributed by atoms with Crippen molar-refractivity contribution in [3.63, 3.8) is 0 Å². The fourth-order valence-electron chi connectivity index (χ4n) is 1.73.